The summed E-state index contributed by atoms with van der Waals surface area (Å²) in [6.45, 7) is 6.03. The molecule has 2 amide bonds. The zero-order valence-corrected chi connectivity index (χ0v) is 18.6. The van der Waals surface area contributed by atoms with Gasteiger partial charge in [-0.3, -0.25) is 9.59 Å². The highest BCUT2D eigenvalue weighted by Crippen LogP contribution is 2.24. The largest absolute Gasteiger partial charge is 0.352 e. The van der Waals surface area contributed by atoms with Crippen molar-refractivity contribution in [2.45, 2.75) is 58.7 Å². The quantitative estimate of drug-likeness (QED) is 0.584. The maximum Gasteiger partial charge on any atom is 0.243 e. The monoisotopic (exact) mass is 434 g/mol. The average molecular weight is 435 g/mol. The molecule has 0 saturated heterocycles. The van der Waals surface area contributed by atoms with E-state index in [2.05, 4.69) is 5.32 Å². The molecule has 0 aliphatic heterocycles. The molecule has 1 N–H and O–H groups in total. The molecular weight excluding hydrogens is 407 g/mol. The summed E-state index contributed by atoms with van der Waals surface area (Å²) in [6, 6.07) is 14.6. The van der Waals surface area contributed by atoms with Gasteiger partial charge in [0.2, 0.25) is 11.8 Å². The van der Waals surface area contributed by atoms with Crippen molar-refractivity contribution < 1.29 is 9.59 Å². The van der Waals surface area contributed by atoms with Crippen LogP contribution in [0.25, 0.3) is 0 Å². The van der Waals surface area contributed by atoms with Gasteiger partial charge in [-0.05, 0) is 49.9 Å². The summed E-state index contributed by atoms with van der Waals surface area (Å²) in [5, 5.41) is 3.82. The Labute approximate surface area is 183 Å². The normalized spacial score (nSPS) is 11.9. The second-order valence-corrected chi connectivity index (χ2v) is 8.16. The van der Waals surface area contributed by atoms with Crippen LogP contribution in [0.4, 0.5) is 0 Å². The lowest BCUT2D eigenvalue weighted by Crippen LogP contribution is -2.50. The summed E-state index contributed by atoms with van der Waals surface area (Å²) in [6.07, 6.45) is 1.48. The van der Waals surface area contributed by atoms with E-state index in [9.17, 15) is 9.59 Å². The molecule has 0 spiro atoms. The molecule has 0 heterocycles. The molecule has 0 bridgehead atoms. The van der Waals surface area contributed by atoms with E-state index >= 15 is 0 Å². The first-order valence-corrected chi connectivity index (χ1v) is 10.6. The maximum absolute atomic E-state index is 13.2. The predicted molar refractivity (Wildman–Crippen MR) is 119 cm³/mol. The van der Waals surface area contributed by atoms with Crippen LogP contribution in [0.1, 0.15) is 44.7 Å². The van der Waals surface area contributed by atoms with Crippen LogP contribution in [0.5, 0.6) is 0 Å². The molecule has 1 atom stereocenters. The highest BCUT2D eigenvalue weighted by Gasteiger charge is 2.28. The van der Waals surface area contributed by atoms with Crippen LogP contribution in [0.2, 0.25) is 10.0 Å². The molecule has 2 rings (SSSR count). The van der Waals surface area contributed by atoms with Crippen LogP contribution >= 0.6 is 23.2 Å². The summed E-state index contributed by atoms with van der Waals surface area (Å²) < 4.78 is 0. The van der Waals surface area contributed by atoms with Crippen molar-refractivity contribution in [1.82, 2.24) is 10.2 Å². The highest BCUT2D eigenvalue weighted by atomic mass is 35.5. The van der Waals surface area contributed by atoms with Crippen molar-refractivity contribution in [1.29, 1.82) is 0 Å². The second kappa shape index (κ2) is 11.2. The molecule has 2 aromatic rings. The molecule has 0 unspecified atom stereocenters. The first-order chi connectivity index (χ1) is 13.8. The minimum atomic E-state index is -0.546. The fourth-order valence-electron chi connectivity index (χ4n) is 3.17. The third kappa shape index (κ3) is 7.06. The molecule has 29 heavy (non-hydrogen) atoms. The summed E-state index contributed by atoms with van der Waals surface area (Å²) in [7, 11) is 0. The first kappa shape index (κ1) is 23.2. The van der Waals surface area contributed by atoms with Crippen molar-refractivity contribution in [3.05, 3.63) is 69.7 Å². The molecular formula is C23H28Cl2N2O2. The van der Waals surface area contributed by atoms with E-state index in [0.29, 0.717) is 35.9 Å². The van der Waals surface area contributed by atoms with Crippen LogP contribution in [0, 0.1) is 0 Å². The molecule has 4 nitrogen and oxygen atoms in total. The van der Waals surface area contributed by atoms with Crippen LogP contribution in [0.3, 0.4) is 0 Å². The zero-order valence-electron chi connectivity index (χ0n) is 17.1. The van der Waals surface area contributed by atoms with E-state index in [0.717, 1.165) is 11.1 Å². The number of benzene rings is 2. The third-order valence-electron chi connectivity index (χ3n) is 4.62. The SMILES string of the molecule is CC[C@@H](C(=O)NC(C)C)N(Cc1ccc(Cl)c(Cl)c1)C(=O)CCc1ccccc1. The van der Waals surface area contributed by atoms with Crippen molar-refractivity contribution in [3.63, 3.8) is 0 Å². The maximum atomic E-state index is 13.2. The van der Waals surface area contributed by atoms with E-state index in [1.54, 1.807) is 17.0 Å². The van der Waals surface area contributed by atoms with E-state index in [1.165, 1.54) is 0 Å². The highest BCUT2D eigenvalue weighted by molar-refractivity contribution is 6.42. The van der Waals surface area contributed by atoms with Gasteiger partial charge < -0.3 is 10.2 Å². The van der Waals surface area contributed by atoms with Crippen LogP contribution < -0.4 is 5.32 Å². The molecule has 0 aromatic heterocycles. The predicted octanol–water partition coefficient (Wildman–Crippen LogP) is 5.26. The second-order valence-electron chi connectivity index (χ2n) is 7.34. The van der Waals surface area contributed by atoms with Gasteiger partial charge in [0.15, 0.2) is 0 Å². The Bertz CT molecular complexity index is 825. The minimum Gasteiger partial charge on any atom is -0.352 e. The number of carbonyl (C=O) groups is 2. The number of nitrogens with zero attached hydrogens (tertiary/aromatic N) is 1. The smallest absolute Gasteiger partial charge is 0.243 e. The van der Waals surface area contributed by atoms with Gasteiger partial charge in [-0.2, -0.15) is 0 Å². The molecule has 156 valence electrons. The molecule has 0 radical (unpaired) electrons. The molecule has 0 aliphatic rings. The van der Waals surface area contributed by atoms with Crippen LogP contribution in [-0.4, -0.2) is 28.8 Å². The number of aryl methyl sites for hydroxylation is 1. The van der Waals surface area contributed by atoms with Gasteiger partial charge in [0.05, 0.1) is 10.0 Å². The van der Waals surface area contributed by atoms with E-state index < -0.39 is 6.04 Å². The number of amides is 2. The fraction of sp³-hybridized carbons (Fsp3) is 0.391. The Morgan fingerprint density at radius 1 is 1.00 bits per heavy atom. The van der Waals surface area contributed by atoms with Crippen molar-refractivity contribution in [3.8, 4) is 0 Å². The minimum absolute atomic E-state index is 0.00259. The molecule has 6 heteroatoms. The third-order valence-corrected chi connectivity index (χ3v) is 5.36. The number of nitrogens with one attached hydrogen (secondary N) is 1. The Balaban J connectivity index is 2.23. The molecule has 0 fully saturated rings. The number of carbonyl (C=O) groups excluding carboxylic acids is 2. The summed E-state index contributed by atoms with van der Waals surface area (Å²) in [4.78, 5) is 27.6. The number of rotatable bonds is 9. The lowest BCUT2D eigenvalue weighted by molar-refractivity contribution is -0.141. The van der Waals surface area contributed by atoms with Gasteiger partial charge in [0, 0.05) is 19.0 Å². The molecule has 0 aliphatic carbocycles. The van der Waals surface area contributed by atoms with Crippen LogP contribution in [-0.2, 0) is 22.6 Å². The molecule has 0 saturated carbocycles. The Morgan fingerprint density at radius 2 is 1.69 bits per heavy atom. The van der Waals surface area contributed by atoms with Gasteiger partial charge in [-0.15, -0.1) is 0 Å². The van der Waals surface area contributed by atoms with Crippen LogP contribution in [0.15, 0.2) is 48.5 Å². The Kier molecular flexibility index (Phi) is 8.99. The van der Waals surface area contributed by atoms with E-state index in [1.807, 2.05) is 57.2 Å². The fourth-order valence-corrected chi connectivity index (χ4v) is 3.50. The topological polar surface area (TPSA) is 49.4 Å². The summed E-state index contributed by atoms with van der Waals surface area (Å²) in [5.41, 5.74) is 1.93. The Morgan fingerprint density at radius 3 is 2.28 bits per heavy atom. The number of hydrogen-bond donors (Lipinski definition) is 1. The number of hydrogen-bond acceptors (Lipinski definition) is 2. The van der Waals surface area contributed by atoms with Gasteiger partial charge in [0.1, 0.15) is 6.04 Å². The first-order valence-electron chi connectivity index (χ1n) is 9.89. The lowest BCUT2D eigenvalue weighted by Gasteiger charge is -2.31. The van der Waals surface area contributed by atoms with Gasteiger partial charge in [0.25, 0.3) is 0 Å². The van der Waals surface area contributed by atoms with Crippen molar-refractivity contribution >= 4 is 35.0 Å². The summed E-state index contributed by atoms with van der Waals surface area (Å²) >= 11 is 12.2. The summed E-state index contributed by atoms with van der Waals surface area (Å²) in [5.74, 6) is -0.207. The van der Waals surface area contributed by atoms with Crippen molar-refractivity contribution in [2.24, 2.45) is 0 Å². The number of halogens is 2. The van der Waals surface area contributed by atoms with Gasteiger partial charge in [-0.1, -0.05) is 66.5 Å². The van der Waals surface area contributed by atoms with Gasteiger partial charge in [-0.25, -0.2) is 0 Å². The lowest BCUT2D eigenvalue weighted by atomic mass is 10.1. The standard InChI is InChI=1S/C23H28Cl2N2O2/c1-4-21(23(29)26-16(2)3)27(15-18-10-12-19(24)20(25)14-18)22(28)13-11-17-8-6-5-7-9-17/h5-10,12,14,16,21H,4,11,13,15H2,1-3H3,(H,26,29)/t21-/m0/s1. The van der Waals surface area contributed by atoms with E-state index in [-0.39, 0.29) is 17.9 Å². The van der Waals surface area contributed by atoms with Crippen molar-refractivity contribution in [2.75, 3.05) is 0 Å². The van der Waals surface area contributed by atoms with E-state index in [4.69, 9.17) is 23.2 Å². The average Bonchev–Trinajstić information content (AvgIpc) is 2.69. The Hall–Kier alpha value is -2.04. The van der Waals surface area contributed by atoms with Gasteiger partial charge >= 0.3 is 0 Å². The zero-order chi connectivity index (χ0) is 21.4. The molecule has 2 aromatic carbocycles.